The molecule has 0 saturated heterocycles. The Labute approximate surface area is 150 Å². The van der Waals surface area contributed by atoms with E-state index in [-0.39, 0.29) is 11.4 Å². The van der Waals surface area contributed by atoms with Crippen LogP contribution in [-0.2, 0) is 9.53 Å². The third-order valence-corrected chi connectivity index (χ3v) is 3.85. The molecule has 7 heteroatoms. The van der Waals surface area contributed by atoms with Crippen LogP contribution in [0, 0.1) is 24.5 Å². The summed E-state index contributed by atoms with van der Waals surface area (Å²) in [5.74, 6) is -3.66. The molecule has 0 spiro atoms. The number of nitrogens with two attached hydrogens (primary N) is 1. The summed E-state index contributed by atoms with van der Waals surface area (Å²) in [7, 11) is 0. The molecular formula is C19H20F2N2O3. The van der Waals surface area contributed by atoms with E-state index in [0.29, 0.717) is 5.56 Å². The number of hydrogen-bond acceptors (Lipinski definition) is 4. The Morgan fingerprint density at radius 2 is 1.73 bits per heavy atom. The van der Waals surface area contributed by atoms with Crippen molar-refractivity contribution >= 4 is 23.3 Å². The molecule has 1 atom stereocenters. The number of nitrogen functional groups attached to an aromatic ring is 1. The van der Waals surface area contributed by atoms with Gasteiger partial charge in [-0.15, -0.1) is 0 Å². The smallest absolute Gasteiger partial charge is 0.344 e. The third kappa shape index (κ3) is 4.17. The van der Waals surface area contributed by atoms with Crippen LogP contribution in [0.25, 0.3) is 0 Å². The number of para-hydroxylation sites is 1. The number of benzene rings is 2. The van der Waals surface area contributed by atoms with E-state index in [2.05, 4.69) is 5.32 Å². The van der Waals surface area contributed by atoms with Gasteiger partial charge in [-0.3, -0.25) is 4.79 Å². The van der Waals surface area contributed by atoms with E-state index < -0.39 is 41.1 Å². The van der Waals surface area contributed by atoms with Crippen LogP contribution in [0.3, 0.4) is 0 Å². The van der Waals surface area contributed by atoms with E-state index in [9.17, 15) is 18.4 Å². The van der Waals surface area contributed by atoms with Gasteiger partial charge in [-0.05, 0) is 36.6 Å². The number of nitrogens with one attached hydrogen (secondary N) is 1. The lowest BCUT2D eigenvalue weighted by atomic mass is 10.1. The van der Waals surface area contributed by atoms with E-state index in [1.54, 1.807) is 26.8 Å². The van der Waals surface area contributed by atoms with Crippen molar-refractivity contribution in [2.75, 3.05) is 11.1 Å². The van der Waals surface area contributed by atoms with Crippen molar-refractivity contribution in [2.45, 2.75) is 26.9 Å². The third-order valence-electron chi connectivity index (χ3n) is 3.85. The highest BCUT2D eigenvalue weighted by Crippen LogP contribution is 2.23. The van der Waals surface area contributed by atoms with E-state index in [4.69, 9.17) is 10.5 Å². The maximum absolute atomic E-state index is 14.0. The Morgan fingerprint density at radius 3 is 2.35 bits per heavy atom. The first-order valence-corrected chi connectivity index (χ1v) is 8.03. The summed E-state index contributed by atoms with van der Waals surface area (Å²) >= 11 is 0. The van der Waals surface area contributed by atoms with Gasteiger partial charge in [0.25, 0.3) is 5.91 Å². The zero-order chi connectivity index (χ0) is 19.4. The minimum atomic E-state index is -1.25. The number of carbonyl (C=O) groups is 2. The summed E-state index contributed by atoms with van der Waals surface area (Å²) in [6.07, 6.45) is -1.25. The summed E-state index contributed by atoms with van der Waals surface area (Å²) in [4.78, 5) is 24.8. The van der Waals surface area contributed by atoms with Crippen LogP contribution < -0.4 is 11.1 Å². The fourth-order valence-electron chi connectivity index (χ4n) is 2.34. The van der Waals surface area contributed by atoms with Crippen molar-refractivity contribution in [3.63, 3.8) is 0 Å². The minimum absolute atomic E-state index is 0.0413. The first-order valence-electron chi connectivity index (χ1n) is 8.03. The van der Waals surface area contributed by atoms with Gasteiger partial charge in [0.2, 0.25) is 0 Å². The van der Waals surface area contributed by atoms with Crippen LogP contribution in [0.2, 0.25) is 0 Å². The highest BCUT2D eigenvalue weighted by molar-refractivity contribution is 6.00. The SMILES string of the molecule is Cc1ccc(F)c(C(=O)O[C@H](C(=O)Nc2ccccc2F)C(C)C)c1N. The van der Waals surface area contributed by atoms with E-state index in [1.807, 2.05) is 0 Å². The molecule has 138 valence electrons. The molecule has 2 rings (SSSR count). The topological polar surface area (TPSA) is 81.4 Å². The molecule has 0 unspecified atom stereocenters. The van der Waals surface area contributed by atoms with E-state index in [0.717, 1.165) is 6.07 Å². The standard InChI is InChI=1S/C19H20F2N2O3/c1-10(2)17(18(24)23-14-7-5-4-6-12(14)20)26-19(25)15-13(21)9-8-11(3)16(15)22/h4-10,17H,22H2,1-3H3,(H,23,24)/t17-/m0/s1. The maximum atomic E-state index is 14.0. The van der Waals surface area contributed by atoms with Crippen molar-refractivity contribution < 1.29 is 23.1 Å². The fourth-order valence-corrected chi connectivity index (χ4v) is 2.34. The summed E-state index contributed by atoms with van der Waals surface area (Å²) in [5, 5.41) is 2.37. The van der Waals surface area contributed by atoms with Crippen LogP contribution in [0.4, 0.5) is 20.2 Å². The van der Waals surface area contributed by atoms with Crippen LogP contribution in [0.1, 0.15) is 29.8 Å². The summed E-state index contributed by atoms with van der Waals surface area (Å²) in [6.45, 7) is 4.92. The highest BCUT2D eigenvalue weighted by Gasteiger charge is 2.29. The van der Waals surface area contributed by atoms with Crippen molar-refractivity contribution in [2.24, 2.45) is 5.92 Å². The van der Waals surface area contributed by atoms with Crippen LogP contribution in [-0.4, -0.2) is 18.0 Å². The molecule has 2 aromatic rings. The van der Waals surface area contributed by atoms with Crippen molar-refractivity contribution in [3.05, 3.63) is 59.2 Å². The summed E-state index contributed by atoms with van der Waals surface area (Å²) < 4.78 is 32.9. The van der Waals surface area contributed by atoms with Gasteiger partial charge in [0.05, 0.1) is 11.4 Å². The second kappa shape index (κ2) is 7.95. The lowest BCUT2D eigenvalue weighted by Crippen LogP contribution is -2.37. The lowest BCUT2D eigenvalue weighted by Gasteiger charge is -2.21. The average molecular weight is 362 g/mol. The molecule has 2 aromatic carbocycles. The Hall–Kier alpha value is -2.96. The van der Waals surface area contributed by atoms with E-state index in [1.165, 1.54) is 24.3 Å². The molecular weight excluding hydrogens is 342 g/mol. The highest BCUT2D eigenvalue weighted by atomic mass is 19.1. The molecule has 0 aliphatic carbocycles. The normalized spacial score (nSPS) is 11.9. The second-order valence-electron chi connectivity index (χ2n) is 6.19. The zero-order valence-electron chi connectivity index (χ0n) is 14.7. The van der Waals surface area contributed by atoms with Crippen molar-refractivity contribution in [1.82, 2.24) is 0 Å². The first-order chi connectivity index (χ1) is 12.2. The van der Waals surface area contributed by atoms with Gasteiger partial charge in [-0.2, -0.15) is 0 Å². The Balaban J connectivity index is 2.23. The van der Waals surface area contributed by atoms with Crippen LogP contribution in [0.15, 0.2) is 36.4 Å². The minimum Gasteiger partial charge on any atom is -0.448 e. The molecule has 0 aliphatic heterocycles. The number of hydrogen-bond donors (Lipinski definition) is 2. The Bertz CT molecular complexity index is 838. The fraction of sp³-hybridized carbons (Fsp3) is 0.263. The quantitative estimate of drug-likeness (QED) is 0.628. The van der Waals surface area contributed by atoms with Gasteiger partial charge in [-0.25, -0.2) is 13.6 Å². The summed E-state index contributed by atoms with van der Waals surface area (Å²) in [5.41, 5.74) is 5.76. The van der Waals surface area contributed by atoms with Crippen LogP contribution >= 0.6 is 0 Å². The Kier molecular flexibility index (Phi) is 5.92. The van der Waals surface area contributed by atoms with Gasteiger partial charge < -0.3 is 15.8 Å². The number of halogens is 2. The molecule has 0 bridgehead atoms. The monoisotopic (exact) mass is 362 g/mol. The molecule has 0 heterocycles. The number of rotatable bonds is 5. The number of amides is 1. The van der Waals surface area contributed by atoms with Gasteiger partial charge >= 0.3 is 5.97 Å². The molecule has 0 fully saturated rings. The molecule has 0 radical (unpaired) electrons. The number of aryl methyl sites for hydroxylation is 1. The Morgan fingerprint density at radius 1 is 1.08 bits per heavy atom. The predicted octanol–water partition coefficient (Wildman–Crippen LogP) is 3.68. The number of carbonyl (C=O) groups excluding carboxylic acids is 2. The van der Waals surface area contributed by atoms with Gasteiger partial charge in [0, 0.05) is 0 Å². The molecule has 5 nitrogen and oxygen atoms in total. The van der Waals surface area contributed by atoms with Crippen molar-refractivity contribution in [1.29, 1.82) is 0 Å². The number of ether oxygens (including phenoxy) is 1. The van der Waals surface area contributed by atoms with Gasteiger partial charge in [0.1, 0.15) is 17.2 Å². The van der Waals surface area contributed by atoms with Gasteiger partial charge in [0.15, 0.2) is 6.10 Å². The molecule has 26 heavy (non-hydrogen) atoms. The first kappa shape index (κ1) is 19.4. The number of anilines is 2. The predicted molar refractivity (Wildman–Crippen MR) is 94.6 cm³/mol. The summed E-state index contributed by atoms with van der Waals surface area (Å²) in [6, 6.07) is 8.14. The van der Waals surface area contributed by atoms with E-state index >= 15 is 0 Å². The van der Waals surface area contributed by atoms with Crippen molar-refractivity contribution in [3.8, 4) is 0 Å². The largest absolute Gasteiger partial charge is 0.448 e. The lowest BCUT2D eigenvalue weighted by molar-refractivity contribution is -0.126. The maximum Gasteiger partial charge on any atom is 0.344 e. The molecule has 0 aliphatic rings. The molecule has 3 N–H and O–H groups in total. The second-order valence-corrected chi connectivity index (χ2v) is 6.19. The van der Waals surface area contributed by atoms with Gasteiger partial charge in [-0.1, -0.05) is 32.0 Å². The average Bonchev–Trinajstić information content (AvgIpc) is 2.58. The molecule has 1 amide bonds. The number of esters is 1. The molecule has 0 aromatic heterocycles. The van der Waals surface area contributed by atoms with Crippen LogP contribution in [0.5, 0.6) is 0 Å². The zero-order valence-corrected chi connectivity index (χ0v) is 14.7. The molecule has 0 saturated carbocycles.